The van der Waals surface area contributed by atoms with E-state index in [0.29, 0.717) is 6.42 Å². The second kappa shape index (κ2) is 7.80. The van der Waals surface area contributed by atoms with Crippen molar-refractivity contribution in [2.75, 3.05) is 13.9 Å². The molecule has 0 N–H and O–H groups in total. The maximum atomic E-state index is 12.4. The van der Waals surface area contributed by atoms with Crippen molar-refractivity contribution in [1.82, 2.24) is 5.06 Å². The summed E-state index contributed by atoms with van der Waals surface area (Å²) in [5.41, 5.74) is 1.41. The monoisotopic (exact) mass is 316 g/mol. The van der Waals surface area contributed by atoms with Gasteiger partial charge in [-0.15, -0.1) is 5.06 Å². The molecule has 0 atom stereocenters. The number of hydroxylamine groups is 2. The molecule has 6 nitrogen and oxygen atoms in total. The van der Waals surface area contributed by atoms with E-state index < -0.39 is 11.8 Å². The minimum atomic E-state index is -0.572. The van der Waals surface area contributed by atoms with Crippen molar-refractivity contribution in [2.24, 2.45) is 10.9 Å². The number of carbonyl (C=O) groups is 2. The molecule has 2 rings (SSSR count). The standard InChI is InChI=1S/C17H20N2O4/c1-12(2)9-14-16(20)19(23-11-22-3)17(21)15(18-14)10-13-7-5-4-6-8-13/h4-9,12H,10-11H2,1-3H3/b14-9-. The number of rotatable bonds is 6. The van der Waals surface area contributed by atoms with E-state index >= 15 is 0 Å². The molecule has 0 radical (unpaired) electrons. The summed E-state index contributed by atoms with van der Waals surface area (Å²) in [5.74, 6) is -1.01. The SMILES string of the molecule is COCON1C(=O)C(Cc2ccccc2)=N/C(=C\C(C)C)C1=O. The zero-order chi connectivity index (χ0) is 16.8. The first-order chi connectivity index (χ1) is 11.0. The molecule has 122 valence electrons. The Bertz CT molecular complexity index is 635. The maximum absolute atomic E-state index is 12.4. The Morgan fingerprint density at radius 1 is 1.17 bits per heavy atom. The molecule has 1 aliphatic rings. The summed E-state index contributed by atoms with van der Waals surface area (Å²) in [7, 11) is 1.42. The molecule has 0 saturated heterocycles. The third kappa shape index (κ3) is 4.34. The molecule has 23 heavy (non-hydrogen) atoms. The van der Waals surface area contributed by atoms with Crippen LogP contribution in [-0.4, -0.2) is 36.5 Å². The van der Waals surface area contributed by atoms with Gasteiger partial charge in [0.05, 0.1) is 0 Å². The fourth-order valence-corrected chi connectivity index (χ4v) is 2.11. The molecule has 0 aliphatic carbocycles. The number of methoxy groups -OCH3 is 1. The zero-order valence-corrected chi connectivity index (χ0v) is 13.5. The molecule has 2 amide bonds. The predicted octanol–water partition coefficient (Wildman–Crippen LogP) is 2.11. The topological polar surface area (TPSA) is 68.2 Å². The minimum absolute atomic E-state index is 0.119. The second-order valence-electron chi connectivity index (χ2n) is 5.46. The lowest BCUT2D eigenvalue weighted by atomic mass is 10.1. The quantitative estimate of drug-likeness (QED) is 0.458. The van der Waals surface area contributed by atoms with Gasteiger partial charge < -0.3 is 4.74 Å². The Hall–Kier alpha value is -2.31. The molecule has 0 unspecified atom stereocenters. The van der Waals surface area contributed by atoms with Crippen molar-refractivity contribution in [3.8, 4) is 0 Å². The number of nitrogens with zero attached hydrogens (tertiary/aromatic N) is 2. The molecular formula is C17H20N2O4. The Kier molecular flexibility index (Phi) is 5.78. The zero-order valence-electron chi connectivity index (χ0n) is 13.5. The van der Waals surface area contributed by atoms with Crippen LogP contribution in [0, 0.1) is 5.92 Å². The summed E-state index contributed by atoms with van der Waals surface area (Å²) in [6.45, 7) is 3.68. The van der Waals surface area contributed by atoms with E-state index in [1.54, 1.807) is 6.08 Å². The summed E-state index contributed by atoms with van der Waals surface area (Å²) in [4.78, 5) is 34.1. The van der Waals surface area contributed by atoms with Crippen LogP contribution in [-0.2, 0) is 25.6 Å². The second-order valence-corrected chi connectivity index (χ2v) is 5.46. The van der Waals surface area contributed by atoms with E-state index in [1.807, 2.05) is 44.2 Å². The number of hydrogen-bond donors (Lipinski definition) is 0. The van der Waals surface area contributed by atoms with Gasteiger partial charge in [0.25, 0.3) is 5.91 Å². The Morgan fingerprint density at radius 3 is 2.48 bits per heavy atom. The Morgan fingerprint density at radius 2 is 1.87 bits per heavy atom. The van der Waals surface area contributed by atoms with Gasteiger partial charge in [0.15, 0.2) is 6.79 Å². The van der Waals surface area contributed by atoms with E-state index in [1.165, 1.54) is 7.11 Å². The molecule has 0 saturated carbocycles. The highest BCUT2D eigenvalue weighted by Crippen LogP contribution is 2.17. The van der Waals surface area contributed by atoms with Crippen LogP contribution in [0.2, 0.25) is 0 Å². The van der Waals surface area contributed by atoms with Gasteiger partial charge in [0.1, 0.15) is 11.4 Å². The first-order valence-corrected chi connectivity index (χ1v) is 7.37. The summed E-state index contributed by atoms with van der Waals surface area (Å²) >= 11 is 0. The van der Waals surface area contributed by atoms with Gasteiger partial charge in [-0.25, -0.2) is 9.83 Å². The largest absolute Gasteiger partial charge is 0.356 e. The van der Waals surface area contributed by atoms with Crippen molar-refractivity contribution in [1.29, 1.82) is 0 Å². The van der Waals surface area contributed by atoms with Crippen LogP contribution in [0.3, 0.4) is 0 Å². The van der Waals surface area contributed by atoms with Crippen molar-refractivity contribution in [2.45, 2.75) is 20.3 Å². The van der Waals surface area contributed by atoms with Gasteiger partial charge >= 0.3 is 5.91 Å². The molecule has 0 spiro atoms. The molecule has 1 aromatic carbocycles. The fourth-order valence-electron chi connectivity index (χ4n) is 2.11. The third-order valence-corrected chi connectivity index (χ3v) is 3.10. The van der Waals surface area contributed by atoms with Crippen molar-refractivity contribution >= 4 is 17.5 Å². The van der Waals surface area contributed by atoms with Gasteiger partial charge in [0, 0.05) is 13.5 Å². The molecule has 1 heterocycles. The lowest BCUT2D eigenvalue weighted by Crippen LogP contribution is -2.46. The van der Waals surface area contributed by atoms with Crippen LogP contribution in [0.4, 0.5) is 0 Å². The van der Waals surface area contributed by atoms with Crippen LogP contribution in [0.5, 0.6) is 0 Å². The smallest absolute Gasteiger partial charge is 0.303 e. The molecule has 1 aromatic rings. The number of ether oxygens (including phenoxy) is 1. The number of hydrogen-bond acceptors (Lipinski definition) is 5. The number of aliphatic imine (C=N–C) groups is 1. The molecular weight excluding hydrogens is 296 g/mol. The molecule has 1 aliphatic heterocycles. The van der Waals surface area contributed by atoms with Crippen LogP contribution in [0.1, 0.15) is 19.4 Å². The summed E-state index contributed by atoms with van der Waals surface area (Å²) < 4.78 is 4.78. The number of amides is 2. The Labute approximate surface area is 135 Å². The van der Waals surface area contributed by atoms with Crippen LogP contribution in [0.15, 0.2) is 47.1 Å². The number of carbonyl (C=O) groups excluding carboxylic acids is 2. The van der Waals surface area contributed by atoms with E-state index in [2.05, 4.69) is 4.99 Å². The van der Waals surface area contributed by atoms with E-state index in [-0.39, 0.29) is 24.1 Å². The summed E-state index contributed by atoms with van der Waals surface area (Å²) in [5, 5.41) is 0.725. The number of allylic oxidation sites excluding steroid dienone is 1. The van der Waals surface area contributed by atoms with Crippen LogP contribution >= 0.6 is 0 Å². The van der Waals surface area contributed by atoms with Crippen LogP contribution < -0.4 is 0 Å². The normalized spacial score (nSPS) is 17.1. The first kappa shape index (κ1) is 17.1. The first-order valence-electron chi connectivity index (χ1n) is 7.37. The average molecular weight is 316 g/mol. The average Bonchev–Trinajstić information content (AvgIpc) is 2.52. The summed E-state index contributed by atoms with van der Waals surface area (Å²) in [6, 6.07) is 9.48. The van der Waals surface area contributed by atoms with Crippen LogP contribution in [0.25, 0.3) is 0 Å². The fraction of sp³-hybridized carbons (Fsp3) is 0.353. The highest BCUT2D eigenvalue weighted by molar-refractivity contribution is 6.44. The minimum Gasteiger partial charge on any atom is -0.356 e. The molecule has 0 fully saturated rings. The lowest BCUT2D eigenvalue weighted by Gasteiger charge is -2.24. The van der Waals surface area contributed by atoms with Gasteiger partial charge in [0.2, 0.25) is 0 Å². The van der Waals surface area contributed by atoms with Gasteiger partial charge in [-0.05, 0) is 11.5 Å². The van der Waals surface area contributed by atoms with Crippen molar-refractivity contribution < 1.29 is 19.2 Å². The Balaban J connectivity index is 2.33. The maximum Gasteiger partial charge on any atom is 0.303 e. The van der Waals surface area contributed by atoms with Gasteiger partial charge in [-0.2, -0.15) is 0 Å². The molecule has 0 bridgehead atoms. The van der Waals surface area contributed by atoms with Gasteiger partial charge in [-0.1, -0.05) is 50.3 Å². The van der Waals surface area contributed by atoms with Crippen molar-refractivity contribution in [3.05, 3.63) is 47.7 Å². The third-order valence-electron chi connectivity index (χ3n) is 3.10. The highest BCUT2D eigenvalue weighted by atomic mass is 16.8. The molecule has 0 aromatic heterocycles. The highest BCUT2D eigenvalue weighted by Gasteiger charge is 2.34. The van der Waals surface area contributed by atoms with E-state index in [0.717, 1.165) is 10.6 Å². The number of benzene rings is 1. The predicted molar refractivity (Wildman–Crippen MR) is 85.3 cm³/mol. The van der Waals surface area contributed by atoms with Gasteiger partial charge in [-0.3, -0.25) is 9.59 Å². The van der Waals surface area contributed by atoms with E-state index in [9.17, 15) is 9.59 Å². The summed E-state index contributed by atoms with van der Waals surface area (Å²) in [6.07, 6.45) is 2.04. The molecule has 6 heteroatoms. The van der Waals surface area contributed by atoms with E-state index in [4.69, 9.17) is 9.57 Å². The van der Waals surface area contributed by atoms with Crippen molar-refractivity contribution in [3.63, 3.8) is 0 Å². The number of imide groups is 1. The lowest BCUT2D eigenvalue weighted by molar-refractivity contribution is -0.213.